The minimum atomic E-state index is 0.887. The lowest BCUT2D eigenvalue weighted by molar-refractivity contribution is 0.668. The second kappa shape index (κ2) is 10.5. The molecule has 0 N–H and O–H groups in total. The molecule has 0 amide bonds. The van der Waals surface area contributed by atoms with E-state index in [1.807, 2.05) is 23.5 Å². The van der Waals surface area contributed by atoms with E-state index in [-0.39, 0.29) is 0 Å². The molecule has 4 heterocycles. The van der Waals surface area contributed by atoms with Gasteiger partial charge in [0.15, 0.2) is 0 Å². The second-order valence-electron chi connectivity index (χ2n) is 13.6. The third-order valence-corrected chi connectivity index (χ3v) is 11.9. The maximum Gasteiger partial charge on any atom is 0.136 e. The zero-order chi connectivity index (χ0) is 33.9. The van der Waals surface area contributed by atoms with Gasteiger partial charge in [-0.1, -0.05) is 97.1 Å². The Balaban J connectivity index is 1.22. The number of furan rings is 2. The van der Waals surface area contributed by atoms with Gasteiger partial charge in [0, 0.05) is 58.2 Å². The van der Waals surface area contributed by atoms with Crippen molar-refractivity contribution < 1.29 is 8.83 Å². The standard InChI is InChI=1S/C48H27NO2S/c1-5-17-39-33(11-1)37-26-38-34-12-4-8-22-45(34)52-46(38)27-40(37)49(39)30-24-28(31-15-9-20-43-47(31)35-13-2-6-18-41(35)50-43)23-29(25-30)32-16-10-21-44-48(32)36-14-3-7-19-42(36)51-44/h1-27H. The summed E-state index contributed by atoms with van der Waals surface area (Å²) < 4.78 is 17.8. The van der Waals surface area contributed by atoms with Crippen molar-refractivity contribution in [2.24, 2.45) is 0 Å². The first-order chi connectivity index (χ1) is 25.8. The number of fused-ring (bicyclic) bond motifs is 12. The Kier molecular flexibility index (Phi) is 5.65. The summed E-state index contributed by atoms with van der Waals surface area (Å²) in [5.74, 6) is 0. The van der Waals surface area contributed by atoms with Crippen LogP contribution in [-0.2, 0) is 0 Å². The Morgan fingerprint density at radius 1 is 0.365 bits per heavy atom. The van der Waals surface area contributed by atoms with Crippen molar-refractivity contribution in [2.45, 2.75) is 0 Å². The predicted octanol–water partition coefficient (Wildman–Crippen LogP) is 14.3. The zero-order valence-corrected chi connectivity index (χ0v) is 28.6. The normalized spacial score (nSPS) is 12.2. The molecule has 0 fully saturated rings. The number of para-hydroxylation sites is 3. The fraction of sp³-hybridized carbons (Fsp3) is 0. The van der Waals surface area contributed by atoms with Gasteiger partial charge in [-0.2, -0.15) is 0 Å². The maximum absolute atomic E-state index is 6.39. The van der Waals surface area contributed by atoms with Crippen molar-refractivity contribution in [1.29, 1.82) is 0 Å². The molecule has 4 aromatic heterocycles. The van der Waals surface area contributed by atoms with Gasteiger partial charge in [-0.3, -0.25) is 0 Å². The Hall–Kier alpha value is -6.62. The summed E-state index contributed by atoms with van der Waals surface area (Å²) >= 11 is 1.86. The number of nitrogens with zero attached hydrogens (tertiary/aromatic N) is 1. The average Bonchev–Trinajstić information content (AvgIpc) is 3.95. The lowest BCUT2D eigenvalue weighted by atomic mass is 9.93. The summed E-state index contributed by atoms with van der Waals surface area (Å²) in [5, 5.41) is 9.61. The van der Waals surface area contributed by atoms with Crippen molar-refractivity contribution >= 4 is 97.2 Å². The van der Waals surface area contributed by atoms with Gasteiger partial charge in [0.05, 0.1) is 11.0 Å². The van der Waals surface area contributed by atoms with Crippen LogP contribution < -0.4 is 0 Å². The molecule has 4 heteroatoms. The predicted molar refractivity (Wildman–Crippen MR) is 219 cm³/mol. The molecule has 0 aliphatic rings. The van der Waals surface area contributed by atoms with Crippen LogP contribution in [0.1, 0.15) is 0 Å². The molecule has 0 atom stereocenters. The van der Waals surface area contributed by atoms with Gasteiger partial charge in [0.2, 0.25) is 0 Å². The van der Waals surface area contributed by atoms with Crippen LogP contribution in [0.5, 0.6) is 0 Å². The van der Waals surface area contributed by atoms with E-state index in [2.05, 4.69) is 156 Å². The van der Waals surface area contributed by atoms with E-state index in [9.17, 15) is 0 Å². The number of hydrogen-bond acceptors (Lipinski definition) is 3. The van der Waals surface area contributed by atoms with E-state index in [0.717, 1.165) is 71.8 Å². The summed E-state index contributed by atoms with van der Waals surface area (Å²) in [6, 6.07) is 58.9. The first-order valence-corrected chi connectivity index (χ1v) is 18.4. The number of thiophene rings is 1. The molecule has 12 aromatic rings. The maximum atomic E-state index is 6.39. The van der Waals surface area contributed by atoms with E-state index in [1.165, 1.54) is 42.0 Å². The van der Waals surface area contributed by atoms with Crippen LogP contribution in [-0.4, -0.2) is 4.57 Å². The summed E-state index contributed by atoms with van der Waals surface area (Å²) in [6.07, 6.45) is 0. The average molecular weight is 682 g/mol. The van der Waals surface area contributed by atoms with Gasteiger partial charge in [-0.25, -0.2) is 0 Å². The molecule has 8 aromatic carbocycles. The van der Waals surface area contributed by atoms with Crippen LogP contribution in [0.15, 0.2) is 173 Å². The molecule has 0 aliphatic heterocycles. The number of hydrogen-bond donors (Lipinski definition) is 0. The Bertz CT molecular complexity index is 3290. The molecule has 0 spiro atoms. The Labute approximate surface area is 301 Å². The molecule has 242 valence electrons. The molecule has 52 heavy (non-hydrogen) atoms. The van der Waals surface area contributed by atoms with E-state index < -0.39 is 0 Å². The Morgan fingerprint density at radius 3 is 1.60 bits per heavy atom. The van der Waals surface area contributed by atoms with Gasteiger partial charge >= 0.3 is 0 Å². The number of benzene rings is 8. The number of rotatable bonds is 3. The van der Waals surface area contributed by atoms with Crippen LogP contribution in [0.2, 0.25) is 0 Å². The van der Waals surface area contributed by atoms with E-state index in [1.54, 1.807) is 0 Å². The quantitative estimate of drug-likeness (QED) is 0.186. The van der Waals surface area contributed by atoms with Crippen molar-refractivity contribution in [1.82, 2.24) is 4.57 Å². The van der Waals surface area contributed by atoms with Gasteiger partial charge in [-0.05, 0) is 89.0 Å². The molecule has 0 bridgehead atoms. The van der Waals surface area contributed by atoms with Crippen LogP contribution >= 0.6 is 11.3 Å². The lowest BCUT2D eigenvalue weighted by Gasteiger charge is -2.15. The topological polar surface area (TPSA) is 31.2 Å². The highest BCUT2D eigenvalue weighted by Gasteiger charge is 2.20. The van der Waals surface area contributed by atoms with Crippen LogP contribution in [0.3, 0.4) is 0 Å². The van der Waals surface area contributed by atoms with E-state index in [4.69, 9.17) is 8.83 Å². The number of aromatic nitrogens is 1. The third-order valence-electron chi connectivity index (χ3n) is 10.8. The molecule has 0 aliphatic carbocycles. The summed E-state index contributed by atoms with van der Waals surface area (Å²) in [4.78, 5) is 0. The van der Waals surface area contributed by atoms with Crippen molar-refractivity contribution in [2.75, 3.05) is 0 Å². The first kappa shape index (κ1) is 28.1. The van der Waals surface area contributed by atoms with Crippen LogP contribution in [0, 0.1) is 0 Å². The minimum Gasteiger partial charge on any atom is -0.456 e. The fourth-order valence-corrected chi connectivity index (χ4v) is 9.67. The van der Waals surface area contributed by atoms with Crippen molar-refractivity contribution in [3.63, 3.8) is 0 Å². The van der Waals surface area contributed by atoms with Gasteiger partial charge in [0.25, 0.3) is 0 Å². The van der Waals surface area contributed by atoms with Gasteiger partial charge in [-0.15, -0.1) is 11.3 Å². The molecular formula is C48H27NO2S. The SMILES string of the molecule is c1ccc2c(c1)oc1cccc(-c3cc(-c4cccc5oc6ccccc6c45)cc(-n4c5ccccc5c5cc6c(cc54)sc4ccccc46)c3)c12. The van der Waals surface area contributed by atoms with Crippen molar-refractivity contribution in [3.8, 4) is 27.9 Å². The second-order valence-corrected chi connectivity index (χ2v) is 14.7. The van der Waals surface area contributed by atoms with Crippen LogP contribution in [0.25, 0.3) is 114 Å². The molecular weight excluding hydrogens is 655 g/mol. The molecule has 0 saturated carbocycles. The van der Waals surface area contributed by atoms with Crippen LogP contribution in [0.4, 0.5) is 0 Å². The zero-order valence-electron chi connectivity index (χ0n) is 27.8. The van der Waals surface area contributed by atoms with E-state index in [0.29, 0.717) is 0 Å². The molecule has 0 saturated heterocycles. The largest absolute Gasteiger partial charge is 0.456 e. The fourth-order valence-electron chi connectivity index (χ4n) is 8.55. The van der Waals surface area contributed by atoms with Gasteiger partial charge in [0.1, 0.15) is 22.3 Å². The molecule has 0 radical (unpaired) electrons. The summed E-state index contributed by atoms with van der Waals surface area (Å²) in [6.45, 7) is 0. The highest BCUT2D eigenvalue weighted by molar-refractivity contribution is 7.25. The molecule has 3 nitrogen and oxygen atoms in total. The van der Waals surface area contributed by atoms with Gasteiger partial charge < -0.3 is 13.4 Å². The highest BCUT2D eigenvalue weighted by atomic mass is 32.1. The summed E-state index contributed by atoms with van der Waals surface area (Å²) in [5.41, 5.74) is 11.6. The molecule has 0 unspecified atom stereocenters. The lowest BCUT2D eigenvalue weighted by Crippen LogP contribution is -1.96. The Morgan fingerprint density at radius 2 is 0.923 bits per heavy atom. The monoisotopic (exact) mass is 681 g/mol. The minimum absolute atomic E-state index is 0.887. The smallest absolute Gasteiger partial charge is 0.136 e. The van der Waals surface area contributed by atoms with E-state index >= 15 is 0 Å². The molecule has 12 rings (SSSR count). The summed E-state index contributed by atoms with van der Waals surface area (Å²) in [7, 11) is 0. The third kappa shape index (κ3) is 3.90. The van der Waals surface area contributed by atoms with Crippen molar-refractivity contribution in [3.05, 3.63) is 164 Å². The first-order valence-electron chi connectivity index (χ1n) is 17.6. The highest BCUT2D eigenvalue weighted by Crippen LogP contribution is 2.44.